The summed E-state index contributed by atoms with van der Waals surface area (Å²) in [6, 6.07) is 4.50. The lowest BCUT2D eigenvalue weighted by Crippen LogP contribution is -2.32. The van der Waals surface area contributed by atoms with Gasteiger partial charge in [-0.1, -0.05) is 18.2 Å². The van der Waals surface area contributed by atoms with Crippen molar-refractivity contribution in [3.8, 4) is 0 Å². The molecule has 0 aliphatic heterocycles. The molecular formula is C13H12N2O4. The average molecular weight is 260 g/mol. The molecule has 1 aliphatic rings. The van der Waals surface area contributed by atoms with Crippen molar-refractivity contribution in [2.24, 2.45) is 5.73 Å². The summed E-state index contributed by atoms with van der Waals surface area (Å²) >= 11 is 0. The van der Waals surface area contributed by atoms with Crippen molar-refractivity contribution < 1.29 is 19.8 Å². The maximum atomic E-state index is 12.1. The van der Waals surface area contributed by atoms with Gasteiger partial charge in [0.15, 0.2) is 0 Å². The highest BCUT2D eigenvalue weighted by Gasteiger charge is 2.34. The van der Waals surface area contributed by atoms with E-state index in [1.165, 1.54) is 25.1 Å². The van der Waals surface area contributed by atoms with Crippen molar-refractivity contribution in [3.05, 3.63) is 40.5 Å². The van der Waals surface area contributed by atoms with Crippen LogP contribution in [0.3, 0.4) is 0 Å². The van der Waals surface area contributed by atoms with E-state index in [0.717, 1.165) is 0 Å². The molecule has 0 saturated carbocycles. The Morgan fingerprint density at radius 1 is 1.42 bits per heavy atom. The summed E-state index contributed by atoms with van der Waals surface area (Å²) in [5.41, 5.74) is 4.34. The minimum atomic E-state index is -1.04. The van der Waals surface area contributed by atoms with Crippen LogP contribution in [0, 0.1) is 5.41 Å². The van der Waals surface area contributed by atoms with E-state index in [0.29, 0.717) is 5.56 Å². The van der Waals surface area contributed by atoms with Crippen LogP contribution in [-0.2, 0) is 4.79 Å². The number of carbonyl (C=O) groups is 2. The molecule has 6 nitrogen and oxygen atoms in total. The average Bonchev–Trinajstić information content (AvgIpc) is 2.35. The minimum absolute atomic E-state index is 0.0324. The predicted molar refractivity (Wildman–Crippen MR) is 67.9 cm³/mol. The topological polar surface area (TPSA) is 124 Å². The van der Waals surface area contributed by atoms with Crippen LogP contribution in [0.4, 0.5) is 0 Å². The second-order valence-corrected chi connectivity index (χ2v) is 4.24. The van der Waals surface area contributed by atoms with Crippen LogP contribution >= 0.6 is 0 Å². The third-order valence-corrected chi connectivity index (χ3v) is 2.99. The van der Waals surface area contributed by atoms with Gasteiger partial charge in [-0.25, -0.2) is 0 Å². The smallest absolute Gasteiger partial charge is 0.254 e. The van der Waals surface area contributed by atoms with E-state index in [4.69, 9.17) is 11.1 Å². The van der Waals surface area contributed by atoms with Gasteiger partial charge >= 0.3 is 0 Å². The molecule has 1 aliphatic carbocycles. The third kappa shape index (κ3) is 1.82. The fourth-order valence-corrected chi connectivity index (χ4v) is 2.10. The van der Waals surface area contributed by atoms with Gasteiger partial charge in [0.2, 0.25) is 5.78 Å². The zero-order valence-corrected chi connectivity index (χ0v) is 10.1. The van der Waals surface area contributed by atoms with Crippen molar-refractivity contribution in [2.45, 2.75) is 13.0 Å². The third-order valence-electron chi connectivity index (χ3n) is 2.99. The van der Waals surface area contributed by atoms with Gasteiger partial charge in [0.25, 0.3) is 5.91 Å². The number of aliphatic hydroxyl groups excluding tert-OH is 2. The molecule has 1 aromatic carbocycles. The van der Waals surface area contributed by atoms with E-state index in [1.807, 2.05) is 0 Å². The first-order valence-electron chi connectivity index (χ1n) is 5.54. The molecule has 5 N–H and O–H groups in total. The number of carbonyl (C=O) groups excluding carboxylic acids is 2. The van der Waals surface area contributed by atoms with E-state index >= 15 is 0 Å². The molecular weight excluding hydrogens is 248 g/mol. The Morgan fingerprint density at radius 3 is 2.58 bits per heavy atom. The number of amides is 1. The number of Topliss-reactive ketones (excluding diaryl/α,β-unsaturated/α-hetero) is 1. The minimum Gasteiger partial charge on any atom is -0.506 e. The number of rotatable bonds is 2. The number of primary amides is 1. The van der Waals surface area contributed by atoms with Gasteiger partial charge in [-0.2, -0.15) is 0 Å². The van der Waals surface area contributed by atoms with E-state index in [-0.39, 0.29) is 11.1 Å². The summed E-state index contributed by atoms with van der Waals surface area (Å²) in [6.07, 6.45) is -0.936. The first-order valence-corrected chi connectivity index (χ1v) is 5.54. The standard InChI is InChI=1S/C13H12N2O4/c1-5(16)6-3-2-4-7-8(6)12(18)10(14)9(11(7)17)13(15)19/h2-5,14,16-17H,1H3,(H2,15,19). The fourth-order valence-electron chi connectivity index (χ4n) is 2.10. The highest BCUT2D eigenvalue weighted by molar-refractivity contribution is 6.58. The Bertz CT molecular complexity index is 644. The monoisotopic (exact) mass is 260 g/mol. The number of nitrogens with one attached hydrogen (secondary N) is 1. The molecule has 6 heteroatoms. The second-order valence-electron chi connectivity index (χ2n) is 4.24. The first-order chi connectivity index (χ1) is 8.86. The van der Waals surface area contributed by atoms with Gasteiger partial charge < -0.3 is 15.9 Å². The fraction of sp³-hybridized carbons (Fsp3) is 0.154. The number of hydrogen-bond acceptors (Lipinski definition) is 5. The zero-order chi connectivity index (χ0) is 14.3. The van der Waals surface area contributed by atoms with E-state index in [1.54, 1.807) is 0 Å². The molecule has 2 rings (SSSR count). The molecule has 1 atom stereocenters. The van der Waals surface area contributed by atoms with Crippen molar-refractivity contribution in [1.29, 1.82) is 5.41 Å². The largest absolute Gasteiger partial charge is 0.506 e. The maximum Gasteiger partial charge on any atom is 0.254 e. The van der Waals surface area contributed by atoms with Crippen molar-refractivity contribution >= 4 is 23.2 Å². The van der Waals surface area contributed by atoms with E-state index in [2.05, 4.69) is 0 Å². The molecule has 0 saturated heterocycles. The Labute approximate surface area is 108 Å². The molecule has 98 valence electrons. The van der Waals surface area contributed by atoms with Crippen molar-refractivity contribution in [2.75, 3.05) is 0 Å². The Hall–Kier alpha value is -2.47. The second kappa shape index (κ2) is 4.33. The highest BCUT2D eigenvalue weighted by atomic mass is 16.3. The molecule has 0 radical (unpaired) electrons. The lowest BCUT2D eigenvalue weighted by Gasteiger charge is -2.21. The van der Waals surface area contributed by atoms with Crippen LogP contribution in [0.1, 0.15) is 34.5 Å². The number of ketones is 1. The molecule has 0 heterocycles. The number of fused-ring (bicyclic) bond motifs is 1. The van der Waals surface area contributed by atoms with Gasteiger partial charge in [0.05, 0.1) is 6.10 Å². The summed E-state index contributed by atoms with van der Waals surface area (Å²) in [7, 11) is 0. The number of benzene rings is 1. The molecule has 0 fully saturated rings. The van der Waals surface area contributed by atoms with Gasteiger partial charge in [-0.05, 0) is 12.5 Å². The van der Waals surface area contributed by atoms with Crippen LogP contribution < -0.4 is 5.73 Å². The summed E-state index contributed by atoms with van der Waals surface area (Å²) < 4.78 is 0. The van der Waals surface area contributed by atoms with Gasteiger partial charge in [-0.15, -0.1) is 0 Å². The van der Waals surface area contributed by atoms with Crippen LogP contribution in [0.15, 0.2) is 23.8 Å². The van der Waals surface area contributed by atoms with Crippen molar-refractivity contribution in [1.82, 2.24) is 0 Å². The molecule has 1 amide bonds. The van der Waals surface area contributed by atoms with E-state index in [9.17, 15) is 19.8 Å². The lowest BCUT2D eigenvalue weighted by molar-refractivity contribution is -0.114. The lowest BCUT2D eigenvalue weighted by atomic mass is 9.83. The Kier molecular flexibility index (Phi) is 2.95. The summed E-state index contributed by atoms with van der Waals surface area (Å²) in [6.45, 7) is 1.47. The van der Waals surface area contributed by atoms with Crippen LogP contribution in [-0.4, -0.2) is 27.6 Å². The molecule has 19 heavy (non-hydrogen) atoms. The van der Waals surface area contributed by atoms with Gasteiger partial charge in [-0.3, -0.25) is 15.0 Å². The molecule has 0 bridgehead atoms. The van der Waals surface area contributed by atoms with Crippen LogP contribution in [0.25, 0.3) is 5.76 Å². The number of hydrogen-bond donors (Lipinski definition) is 4. The Morgan fingerprint density at radius 2 is 2.05 bits per heavy atom. The summed E-state index contributed by atoms with van der Waals surface area (Å²) in [5.74, 6) is -2.28. The van der Waals surface area contributed by atoms with Gasteiger partial charge in [0.1, 0.15) is 17.0 Å². The van der Waals surface area contributed by atoms with Crippen molar-refractivity contribution in [3.63, 3.8) is 0 Å². The normalized spacial score (nSPS) is 16.3. The number of aliphatic hydroxyl groups is 2. The highest BCUT2D eigenvalue weighted by Crippen LogP contribution is 2.32. The van der Waals surface area contributed by atoms with Crippen LogP contribution in [0.2, 0.25) is 0 Å². The SMILES string of the molecule is CC(O)c1cccc2c1C(=O)C(=N)C(C(N)=O)=C2O. The Balaban J connectivity index is 2.83. The maximum absolute atomic E-state index is 12.1. The van der Waals surface area contributed by atoms with Gasteiger partial charge in [0, 0.05) is 11.1 Å². The molecule has 1 unspecified atom stereocenters. The number of nitrogens with two attached hydrogens (primary N) is 1. The molecule has 0 aromatic heterocycles. The van der Waals surface area contributed by atoms with Crippen LogP contribution in [0.5, 0.6) is 0 Å². The first kappa shape index (κ1) is 13.0. The summed E-state index contributed by atoms with van der Waals surface area (Å²) in [5, 5.41) is 27.3. The zero-order valence-electron chi connectivity index (χ0n) is 10.1. The quantitative estimate of drug-likeness (QED) is 0.625. The predicted octanol–water partition coefficient (Wildman–Crippen LogP) is 0.710. The molecule has 0 spiro atoms. The molecule has 1 aromatic rings. The summed E-state index contributed by atoms with van der Waals surface area (Å²) in [4.78, 5) is 23.3. The van der Waals surface area contributed by atoms with E-state index < -0.39 is 34.8 Å².